The number of hydrogen-bond acceptors (Lipinski definition) is 5. The van der Waals surface area contributed by atoms with Crippen molar-refractivity contribution in [2.24, 2.45) is 10.9 Å². The minimum atomic E-state index is -0.593. The molecule has 1 unspecified atom stereocenters. The van der Waals surface area contributed by atoms with E-state index in [0.29, 0.717) is 25.2 Å². The molecule has 104 valence electrons. The summed E-state index contributed by atoms with van der Waals surface area (Å²) in [4.78, 5) is 34.4. The maximum atomic E-state index is 11.9. The van der Waals surface area contributed by atoms with Crippen LogP contribution < -0.4 is 5.73 Å². The van der Waals surface area contributed by atoms with Gasteiger partial charge >= 0.3 is 6.03 Å². The smallest absolute Gasteiger partial charge is 0.344 e. The summed E-state index contributed by atoms with van der Waals surface area (Å²) in [5, 5.41) is 5.16. The number of carbonyl (C=O) groups excluding carboxylic acids is 2. The van der Waals surface area contributed by atoms with Crippen LogP contribution in [0.4, 0.5) is 4.79 Å². The van der Waals surface area contributed by atoms with Crippen LogP contribution in [-0.2, 0) is 14.5 Å². The molecule has 2 fully saturated rings. The monoisotopic (exact) mass is 268 g/mol. The van der Waals surface area contributed by atoms with Crippen molar-refractivity contribution in [3.8, 4) is 0 Å². The van der Waals surface area contributed by atoms with Gasteiger partial charge in [-0.25, -0.2) is 4.79 Å². The van der Waals surface area contributed by atoms with E-state index in [-0.39, 0.29) is 25.3 Å². The van der Waals surface area contributed by atoms with E-state index in [9.17, 15) is 9.59 Å². The SMILES string of the molecule is C=CCON1C(=O)N2CC/C(=N/OCC(N)=O)C1C2. The van der Waals surface area contributed by atoms with E-state index in [1.165, 1.54) is 5.06 Å². The van der Waals surface area contributed by atoms with Crippen molar-refractivity contribution in [3.05, 3.63) is 12.7 Å². The predicted molar refractivity (Wildman–Crippen MR) is 65.9 cm³/mol. The Morgan fingerprint density at radius 3 is 3.11 bits per heavy atom. The first-order valence-electron chi connectivity index (χ1n) is 5.92. The summed E-state index contributed by atoms with van der Waals surface area (Å²) < 4.78 is 0. The fourth-order valence-corrected chi connectivity index (χ4v) is 2.04. The lowest BCUT2D eigenvalue weighted by Crippen LogP contribution is -2.40. The zero-order valence-corrected chi connectivity index (χ0v) is 10.4. The number of hydrogen-bond donors (Lipinski definition) is 1. The van der Waals surface area contributed by atoms with Crippen molar-refractivity contribution < 1.29 is 19.3 Å². The number of oxime groups is 1. The second kappa shape index (κ2) is 5.70. The highest BCUT2D eigenvalue weighted by Crippen LogP contribution is 2.24. The normalized spacial score (nSPS) is 23.9. The van der Waals surface area contributed by atoms with Gasteiger partial charge in [0.15, 0.2) is 6.61 Å². The third kappa shape index (κ3) is 2.84. The number of amides is 3. The number of hydroxylamine groups is 2. The molecule has 0 aromatic carbocycles. The molecule has 2 bridgehead atoms. The first-order chi connectivity index (χ1) is 9.13. The van der Waals surface area contributed by atoms with E-state index in [4.69, 9.17) is 15.4 Å². The van der Waals surface area contributed by atoms with Crippen LogP contribution in [0.5, 0.6) is 0 Å². The highest BCUT2D eigenvalue weighted by molar-refractivity contribution is 5.97. The van der Waals surface area contributed by atoms with Crippen LogP contribution in [0.2, 0.25) is 0 Å². The van der Waals surface area contributed by atoms with E-state index in [1.807, 2.05) is 0 Å². The highest BCUT2D eigenvalue weighted by Gasteiger charge is 2.44. The van der Waals surface area contributed by atoms with Gasteiger partial charge in [0.1, 0.15) is 6.04 Å². The Kier molecular flexibility index (Phi) is 4.00. The maximum Gasteiger partial charge on any atom is 0.344 e. The van der Waals surface area contributed by atoms with Crippen molar-refractivity contribution in [1.29, 1.82) is 0 Å². The summed E-state index contributed by atoms with van der Waals surface area (Å²) >= 11 is 0. The molecular weight excluding hydrogens is 252 g/mol. The summed E-state index contributed by atoms with van der Waals surface area (Å²) in [5.74, 6) is -0.593. The van der Waals surface area contributed by atoms with Crippen LogP contribution in [0.1, 0.15) is 6.42 Å². The van der Waals surface area contributed by atoms with Crippen molar-refractivity contribution >= 4 is 17.6 Å². The van der Waals surface area contributed by atoms with Crippen LogP contribution in [0.15, 0.2) is 17.8 Å². The van der Waals surface area contributed by atoms with Crippen LogP contribution >= 0.6 is 0 Å². The van der Waals surface area contributed by atoms with E-state index in [2.05, 4.69) is 11.7 Å². The lowest BCUT2D eigenvalue weighted by molar-refractivity contribution is -0.122. The second-order valence-corrected chi connectivity index (χ2v) is 4.23. The average Bonchev–Trinajstić information content (AvgIpc) is 2.63. The molecule has 2 heterocycles. The molecule has 1 atom stereocenters. The number of nitrogens with two attached hydrogens (primary N) is 1. The van der Waals surface area contributed by atoms with E-state index >= 15 is 0 Å². The van der Waals surface area contributed by atoms with Gasteiger partial charge in [-0.3, -0.25) is 9.63 Å². The molecule has 2 aliphatic heterocycles. The maximum absolute atomic E-state index is 11.9. The van der Waals surface area contributed by atoms with Gasteiger partial charge in [-0.15, -0.1) is 6.58 Å². The molecule has 0 saturated carbocycles. The summed E-state index contributed by atoms with van der Waals surface area (Å²) in [7, 11) is 0. The van der Waals surface area contributed by atoms with Gasteiger partial charge < -0.3 is 15.5 Å². The standard InChI is InChI=1S/C11H16N4O4/c1-2-5-19-15-9-6-14(11(15)17)4-3-8(9)13-18-7-10(12)16/h2,9H,1,3-7H2,(H2,12,16)/b13-8-. The van der Waals surface area contributed by atoms with Gasteiger partial charge in [-0.05, 0) is 0 Å². The van der Waals surface area contributed by atoms with Gasteiger partial charge in [-0.2, -0.15) is 5.06 Å². The fourth-order valence-electron chi connectivity index (χ4n) is 2.04. The minimum Gasteiger partial charge on any atom is -0.386 e. The molecule has 2 N–H and O–H groups in total. The Morgan fingerprint density at radius 2 is 2.42 bits per heavy atom. The Hall–Kier alpha value is -2.09. The molecule has 19 heavy (non-hydrogen) atoms. The summed E-state index contributed by atoms with van der Waals surface area (Å²) in [5.41, 5.74) is 5.63. The molecule has 0 spiro atoms. The second-order valence-electron chi connectivity index (χ2n) is 4.23. The van der Waals surface area contributed by atoms with Gasteiger partial charge in [0, 0.05) is 13.0 Å². The number of primary amides is 1. The zero-order chi connectivity index (χ0) is 13.8. The third-order valence-electron chi connectivity index (χ3n) is 2.88. The molecule has 3 amide bonds. The molecule has 2 saturated heterocycles. The van der Waals surface area contributed by atoms with E-state index < -0.39 is 5.91 Å². The Balaban J connectivity index is 2.04. The van der Waals surface area contributed by atoms with Crippen molar-refractivity contribution in [2.45, 2.75) is 12.5 Å². The fraction of sp³-hybridized carbons (Fsp3) is 0.545. The number of nitrogens with zero attached hydrogens (tertiary/aromatic N) is 3. The highest BCUT2D eigenvalue weighted by atomic mass is 16.7. The third-order valence-corrected chi connectivity index (χ3v) is 2.88. The van der Waals surface area contributed by atoms with E-state index in [1.54, 1.807) is 11.0 Å². The molecule has 0 aromatic rings. The molecule has 0 aliphatic carbocycles. The lowest BCUT2D eigenvalue weighted by atomic mass is 10.1. The summed E-state index contributed by atoms with van der Waals surface area (Å²) in [6.45, 7) is 4.57. The number of piperidine rings is 1. The van der Waals surface area contributed by atoms with Crippen LogP contribution in [-0.4, -0.2) is 60.0 Å². The molecular formula is C11H16N4O4. The van der Waals surface area contributed by atoms with Gasteiger partial charge in [-0.1, -0.05) is 11.2 Å². The average molecular weight is 268 g/mol. The van der Waals surface area contributed by atoms with Crippen LogP contribution in [0.3, 0.4) is 0 Å². The number of rotatable bonds is 6. The van der Waals surface area contributed by atoms with Gasteiger partial charge in [0.2, 0.25) is 0 Å². The molecule has 8 nitrogen and oxygen atoms in total. The Morgan fingerprint density at radius 1 is 1.63 bits per heavy atom. The van der Waals surface area contributed by atoms with Crippen molar-refractivity contribution in [1.82, 2.24) is 9.96 Å². The van der Waals surface area contributed by atoms with Crippen LogP contribution in [0.25, 0.3) is 0 Å². The summed E-state index contributed by atoms with van der Waals surface area (Å²) in [6.07, 6.45) is 2.15. The number of urea groups is 1. The summed E-state index contributed by atoms with van der Waals surface area (Å²) in [6, 6.07) is -0.471. The van der Waals surface area contributed by atoms with Crippen molar-refractivity contribution in [3.63, 3.8) is 0 Å². The first kappa shape index (κ1) is 13.3. The van der Waals surface area contributed by atoms with Gasteiger partial charge in [0.05, 0.1) is 18.9 Å². The molecule has 8 heteroatoms. The minimum absolute atomic E-state index is 0.188. The quantitative estimate of drug-likeness (QED) is 0.517. The topological polar surface area (TPSA) is 97.5 Å². The number of fused-ring (bicyclic) bond motifs is 2. The van der Waals surface area contributed by atoms with Crippen LogP contribution in [0, 0.1) is 0 Å². The molecule has 2 rings (SSSR count). The lowest BCUT2D eigenvalue weighted by Gasteiger charge is -2.23. The predicted octanol–water partition coefficient (Wildman–Crippen LogP) is -0.528. The zero-order valence-electron chi connectivity index (χ0n) is 10.4. The molecule has 0 radical (unpaired) electrons. The first-order valence-corrected chi connectivity index (χ1v) is 5.92. The van der Waals surface area contributed by atoms with Crippen molar-refractivity contribution in [2.75, 3.05) is 26.3 Å². The Labute approximate surface area is 110 Å². The van der Waals surface area contributed by atoms with Gasteiger partial charge in [0.25, 0.3) is 5.91 Å². The Bertz CT molecular complexity index is 423. The molecule has 2 aliphatic rings. The molecule has 0 aromatic heterocycles. The number of carbonyl (C=O) groups is 2. The van der Waals surface area contributed by atoms with E-state index in [0.717, 1.165) is 0 Å². The largest absolute Gasteiger partial charge is 0.386 e.